The number of methoxy groups -OCH3 is 1. The second kappa shape index (κ2) is 7.14. The second-order valence-corrected chi connectivity index (χ2v) is 4.15. The number of nitrogens with zero attached hydrogens (tertiary/aromatic N) is 1. The molecule has 0 fully saturated rings. The number of rotatable bonds is 6. The second-order valence-electron chi connectivity index (χ2n) is 4.15. The van der Waals surface area contributed by atoms with Gasteiger partial charge in [-0.3, -0.25) is 4.79 Å². The van der Waals surface area contributed by atoms with Crippen molar-refractivity contribution in [2.75, 3.05) is 13.7 Å². The summed E-state index contributed by atoms with van der Waals surface area (Å²) in [6.07, 6.45) is 1.54. The monoisotopic (exact) mass is 288 g/mol. The summed E-state index contributed by atoms with van der Waals surface area (Å²) in [5.74, 6) is 1.30. The lowest BCUT2D eigenvalue weighted by Crippen LogP contribution is -2.25. The molecule has 1 heterocycles. The van der Waals surface area contributed by atoms with Crippen molar-refractivity contribution in [2.45, 2.75) is 6.92 Å². The Morgan fingerprint density at radius 3 is 2.67 bits per heavy atom. The van der Waals surface area contributed by atoms with Crippen molar-refractivity contribution in [1.82, 2.24) is 5.43 Å². The smallest absolute Gasteiger partial charge is 0.277 e. The summed E-state index contributed by atoms with van der Waals surface area (Å²) in [7, 11) is 1.54. The topological polar surface area (TPSA) is 73.1 Å². The molecule has 0 spiro atoms. The Morgan fingerprint density at radius 2 is 2.00 bits per heavy atom. The van der Waals surface area contributed by atoms with Crippen LogP contribution in [-0.4, -0.2) is 25.3 Å². The van der Waals surface area contributed by atoms with E-state index >= 15 is 0 Å². The largest absolute Gasteiger partial charge is 0.493 e. The normalized spacial score (nSPS) is 11.0. The maximum Gasteiger partial charge on any atom is 0.277 e. The fourth-order valence-corrected chi connectivity index (χ4v) is 1.60. The van der Waals surface area contributed by atoms with Crippen LogP contribution in [0.5, 0.6) is 11.5 Å². The molecule has 1 N–H and O–H groups in total. The lowest BCUT2D eigenvalue weighted by molar-refractivity contribution is -0.123. The highest BCUT2D eigenvalue weighted by molar-refractivity contribution is 5.96. The molecular weight excluding hydrogens is 272 g/mol. The summed E-state index contributed by atoms with van der Waals surface area (Å²) in [5.41, 5.74) is 2.98. The van der Waals surface area contributed by atoms with Gasteiger partial charge < -0.3 is 13.9 Å². The van der Waals surface area contributed by atoms with E-state index in [4.69, 9.17) is 13.9 Å². The highest BCUT2D eigenvalue weighted by atomic mass is 16.5. The fraction of sp³-hybridized carbons (Fsp3) is 0.200. The molecule has 2 rings (SSSR count). The molecule has 2 aromatic rings. The Morgan fingerprint density at radius 1 is 1.24 bits per heavy atom. The maximum atomic E-state index is 11.7. The molecule has 6 nitrogen and oxygen atoms in total. The van der Waals surface area contributed by atoms with Gasteiger partial charge in [-0.05, 0) is 31.2 Å². The summed E-state index contributed by atoms with van der Waals surface area (Å²) < 4.78 is 15.7. The zero-order valence-electron chi connectivity index (χ0n) is 11.8. The highest BCUT2D eigenvalue weighted by Gasteiger charge is 2.07. The predicted molar refractivity (Wildman–Crippen MR) is 77.6 cm³/mol. The molecule has 0 saturated heterocycles. The van der Waals surface area contributed by atoms with Crippen molar-refractivity contribution < 1.29 is 18.7 Å². The summed E-state index contributed by atoms with van der Waals surface area (Å²) in [4.78, 5) is 11.7. The Bertz CT molecular complexity index is 620. The third kappa shape index (κ3) is 4.10. The van der Waals surface area contributed by atoms with Gasteiger partial charge in [-0.2, -0.15) is 5.10 Å². The van der Waals surface area contributed by atoms with Crippen molar-refractivity contribution in [3.63, 3.8) is 0 Å². The zero-order valence-corrected chi connectivity index (χ0v) is 11.8. The third-order valence-corrected chi connectivity index (χ3v) is 2.65. The summed E-state index contributed by atoms with van der Waals surface area (Å²) in [6.45, 7) is 1.58. The van der Waals surface area contributed by atoms with Gasteiger partial charge in [-0.15, -0.1) is 0 Å². The summed E-state index contributed by atoms with van der Waals surface area (Å²) in [6, 6.07) is 10.6. The molecule has 0 bridgehead atoms. The average molecular weight is 288 g/mol. The van der Waals surface area contributed by atoms with Crippen molar-refractivity contribution >= 4 is 11.6 Å². The van der Waals surface area contributed by atoms with Gasteiger partial charge in [0.15, 0.2) is 18.1 Å². The van der Waals surface area contributed by atoms with E-state index in [0.717, 1.165) is 0 Å². The van der Waals surface area contributed by atoms with E-state index in [1.165, 1.54) is 0 Å². The number of ether oxygens (including phenoxy) is 2. The van der Waals surface area contributed by atoms with E-state index < -0.39 is 0 Å². The van der Waals surface area contributed by atoms with E-state index in [0.29, 0.717) is 23.0 Å². The van der Waals surface area contributed by atoms with Gasteiger partial charge in [0, 0.05) is 0 Å². The Hall–Kier alpha value is -2.76. The first kappa shape index (κ1) is 14.6. The minimum absolute atomic E-state index is 0.157. The summed E-state index contributed by atoms with van der Waals surface area (Å²) >= 11 is 0. The third-order valence-electron chi connectivity index (χ3n) is 2.65. The molecule has 0 aliphatic carbocycles. The number of carbonyl (C=O) groups excluding carboxylic acids is 1. The van der Waals surface area contributed by atoms with Gasteiger partial charge in [0.2, 0.25) is 0 Å². The van der Waals surface area contributed by atoms with Crippen LogP contribution in [0.25, 0.3) is 0 Å². The Kier molecular flexibility index (Phi) is 4.98. The molecule has 6 heteroatoms. The van der Waals surface area contributed by atoms with Crippen molar-refractivity contribution in [1.29, 1.82) is 0 Å². The molecule has 0 atom stereocenters. The molecule has 21 heavy (non-hydrogen) atoms. The number of hydrogen-bond donors (Lipinski definition) is 1. The Labute approximate surface area is 122 Å². The fourth-order valence-electron chi connectivity index (χ4n) is 1.60. The van der Waals surface area contributed by atoms with Gasteiger partial charge >= 0.3 is 0 Å². The molecule has 0 saturated carbocycles. The minimum atomic E-state index is -0.369. The van der Waals surface area contributed by atoms with Crippen LogP contribution in [0, 0.1) is 0 Å². The van der Waals surface area contributed by atoms with Crippen molar-refractivity contribution in [3.8, 4) is 11.5 Å². The van der Waals surface area contributed by atoms with Crippen LogP contribution in [0.1, 0.15) is 12.7 Å². The predicted octanol–water partition coefficient (Wildman–Crippen LogP) is 2.21. The number of carbonyl (C=O) groups is 1. The Balaban J connectivity index is 1.86. The van der Waals surface area contributed by atoms with Gasteiger partial charge in [-0.1, -0.05) is 12.1 Å². The zero-order chi connectivity index (χ0) is 15.1. The van der Waals surface area contributed by atoms with Crippen LogP contribution in [0.3, 0.4) is 0 Å². The highest BCUT2D eigenvalue weighted by Crippen LogP contribution is 2.25. The first-order valence-electron chi connectivity index (χ1n) is 6.33. The van der Waals surface area contributed by atoms with Crippen LogP contribution >= 0.6 is 0 Å². The maximum absolute atomic E-state index is 11.7. The van der Waals surface area contributed by atoms with E-state index in [2.05, 4.69) is 10.5 Å². The molecular formula is C15H16N2O4. The van der Waals surface area contributed by atoms with Crippen LogP contribution in [-0.2, 0) is 4.79 Å². The molecule has 110 valence electrons. The molecule has 1 aromatic heterocycles. The number of para-hydroxylation sites is 2. The van der Waals surface area contributed by atoms with Crippen molar-refractivity contribution in [2.24, 2.45) is 5.10 Å². The minimum Gasteiger partial charge on any atom is -0.493 e. The van der Waals surface area contributed by atoms with Gasteiger partial charge in [0.25, 0.3) is 5.91 Å². The summed E-state index contributed by atoms with van der Waals surface area (Å²) in [5, 5.41) is 3.93. The van der Waals surface area contributed by atoms with Crippen LogP contribution in [0.4, 0.5) is 0 Å². The lowest BCUT2D eigenvalue weighted by atomic mass is 10.3. The first-order valence-corrected chi connectivity index (χ1v) is 6.33. The molecule has 0 unspecified atom stereocenters. The number of benzene rings is 1. The number of nitrogens with one attached hydrogen (secondary N) is 1. The SMILES string of the molecule is COc1ccccc1OCC(=O)N/N=C(/C)c1ccco1. The van der Waals surface area contributed by atoms with Crippen LogP contribution in [0.15, 0.2) is 52.2 Å². The van der Waals surface area contributed by atoms with Crippen molar-refractivity contribution in [3.05, 3.63) is 48.4 Å². The van der Waals surface area contributed by atoms with E-state index in [9.17, 15) is 4.79 Å². The molecule has 0 aliphatic heterocycles. The number of furan rings is 1. The van der Waals surface area contributed by atoms with E-state index in [1.54, 1.807) is 50.6 Å². The molecule has 1 aromatic carbocycles. The standard InChI is InChI=1S/C15H16N2O4/c1-11(12-8-5-9-20-12)16-17-15(18)10-21-14-7-4-3-6-13(14)19-2/h3-9H,10H2,1-2H3,(H,17,18)/b16-11-. The average Bonchev–Trinajstić information content (AvgIpc) is 3.05. The van der Waals surface area contributed by atoms with Crippen LogP contribution in [0.2, 0.25) is 0 Å². The molecule has 0 aliphatic rings. The van der Waals surface area contributed by atoms with E-state index in [-0.39, 0.29) is 12.5 Å². The molecule has 0 radical (unpaired) electrons. The number of amides is 1. The quantitative estimate of drug-likeness (QED) is 0.653. The molecule has 1 amide bonds. The first-order chi connectivity index (χ1) is 10.2. The van der Waals surface area contributed by atoms with Crippen LogP contribution < -0.4 is 14.9 Å². The van der Waals surface area contributed by atoms with Gasteiger partial charge in [0.1, 0.15) is 11.5 Å². The lowest BCUT2D eigenvalue weighted by Gasteiger charge is -2.09. The van der Waals surface area contributed by atoms with E-state index in [1.807, 2.05) is 6.07 Å². The number of hydrazone groups is 1. The number of hydrogen-bond acceptors (Lipinski definition) is 5. The van der Waals surface area contributed by atoms with Gasteiger partial charge in [0.05, 0.1) is 13.4 Å². The van der Waals surface area contributed by atoms with Gasteiger partial charge in [-0.25, -0.2) is 5.43 Å².